The van der Waals surface area contributed by atoms with Crippen LogP contribution in [0.4, 0.5) is 0 Å². The van der Waals surface area contributed by atoms with Crippen molar-refractivity contribution in [1.82, 2.24) is 9.97 Å². The number of fused-ring (bicyclic) bond motifs is 1. The van der Waals surface area contributed by atoms with Gasteiger partial charge in [0.1, 0.15) is 11.6 Å². The molecule has 2 aromatic carbocycles. The van der Waals surface area contributed by atoms with E-state index in [9.17, 15) is 5.11 Å². The first-order chi connectivity index (χ1) is 9.22. The van der Waals surface area contributed by atoms with Crippen molar-refractivity contribution >= 4 is 35.8 Å². The molecular weight excluding hydrogens is 309 g/mol. The summed E-state index contributed by atoms with van der Waals surface area (Å²) in [5.41, 5.74) is 9.18. The van der Waals surface area contributed by atoms with E-state index in [1.165, 1.54) is 0 Å². The summed E-state index contributed by atoms with van der Waals surface area (Å²) in [4.78, 5) is 7.74. The molecule has 0 aliphatic heterocycles. The van der Waals surface area contributed by atoms with Crippen LogP contribution in [0.2, 0.25) is 0 Å². The number of benzene rings is 2. The average Bonchev–Trinajstić information content (AvgIpc) is 2.85. The Kier molecular flexibility index (Phi) is 6.03. The van der Waals surface area contributed by atoms with E-state index in [4.69, 9.17) is 5.73 Å². The van der Waals surface area contributed by atoms with E-state index in [-0.39, 0.29) is 36.6 Å². The molecule has 0 aliphatic rings. The Labute approximate surface area is 135 Å². The Morgan fingerprint density at radius 2 is 1.71 bits per heavy atom. The summed E-state index contributed by atoms with van der Waals surface area (Å²) in [5, 5.41) is 9.25. The standard InChI is InChI=1S/C15H15N3O.2ClH/c16-12(9-10-5-7-11(19)8-6-10)15-17-13-3-1-2-4-14(13)18-15;;/h1-8,12,19H,9,16H2,(H,17,18);2*1H. The monoisotopic (exact) mass is 325 g/mol. The number of halogens is 2. The van der Waals surface area contributed by atoms with Gasteiger partial charge in [0.2, 0.25) is 0 Å². The molecule has 3 aromatic rings. The largest absolute Gasteiger partial charge is 0.508 e. The van der Waals surface area contributed by atoms with Gasteiger partial charge in [-0.05, 0) is 36.2 Å². The van der Waals surface area contributed by atoms with Crippen LogP contribution in [0.1, 0.15) is 17.4 Å². The van der Waals surface area contributed by atoms with E-state index in [1.54, 1.807) is 12.1 Å². The number of hydrogen-bond acceptors (Lipinski definition) is 3. The summed E-state index contributed by atoms with van der Waals surface area (Å²) >= 11 is 0. The number of aromatic nitrogens is 2. The first-order valence-corrected chi connectivity index (χ1v) is 6.20. The van der Waals surface area contributed by atoms with Gasteiger partial charge < -0.3 is 15.8 Å². The van der Waals surface area contributed by atoms with Crippen molar-refractivity contribution in [3.63, 3.8) is 0 Å². The van der Waals surface area contributed by atoms with Crippen molar-refractivity contribution in [1.29, 1.82) is 0 Å². The van der Waals surface area contributed by atoms with Gasteiger partial charge in [-0.15, -0.1) is 24.8 Å². The van der Waals surface area contributed by atoms with E-state index in [0.717, 1.165) is 22.4 Å². The topological polar surface area (TPSA) is 74.9 Å². The van der Waals surface area contributed by atoms with Crippen molar-refractivity contribution in [3.05, 3.63) is 59.9 Å². The number of rotatable bonds is 3. The smallest absolute Gasteiger partial charge is 0.124 e. The number of phenolic OH excluding ortho intramolecular Hbond substituents is 1. The van der Waals surface area contributed by atoms with Gasteiger partial charge in [0.05, 0.1) is 17.1 Å². The lowest BCUT2D eigenvalue weighted by atomic mass is 10.1. The molecule has 1 aromatic heterocycles. The number of nitrogens with zero attached hydrogens (tertiary/aromatic N) is 1. The van der Waals surface area contributed by atoms with Crippen LogP contribution < -0.4 is 5.73 Å². The minimum absolute atomic E-state index is 0. The molecule has 0 radical (unpaired) electrons. The summed E-state index contributed by atoms with van der Waals surface area (Å²) in [5.74, 6) is 1.05. The van der Waals surface area contributed by atoms with Gasteiger partial charge in [-0.1, -0.05) is 24.3 Å². The van der Waals surface area contributed by atoms with Crippen molar-refractivity contribution < 1.29 is 5.11 Å². The summed E-state index contributed by atoms with van der Waals surface area (Å²) in [6.07, 6.45) is 0.681. The number of imidazole rings is 1. The Bertz CT molecular complexity index is 664. The number of aromatic amines is 1. The maximum atomic E-state index is 9.25. The molecule has 0 spiro atoms. The Morgan fingerprint density at radius 1 is 1.05 bits per heavy atom. The number of phenols is 1. The highest BCUT2D eigenvalue weighted by molar-refractivity contribution is 5.85. The fourth-order valence-corrected chi connectivity index (χ4v) is 2.13. The molecule has 112 valence electrons. The summed E-state index contributed by atoms with van der Waals surface area (Å²) < 4.78 is 0. The molecule has 21 heavy (non-hydrogen) atoms. The van der Waals surface area contributed by atoms with E-state index in [2.05, 4.69) is 9.97 Å². The van der Waals surface area contributed by atoms with E-state index in [0.29, 0.717) is 6.42 Å². The van der Waals surface area contributed by atoms with Gasteiger partial charge in [0.15, 0.2) is 0 Å². The molecule has 1 atom stereocenters. The first-order valence-electron chi connectivity index (χ1n) is 6.20. The van der Waals surface area contributed by atoms with Crippen LogP contribution in [0.15, 0.2) is 48.5 Å². The Balaban J connectivity index is 0.00000110. The van der Waals surface area contributed by atoms with Gasteiger partial charge in [-0.25, -0.2) is 4.98 Å². The summed E-state index contributed by atoms with van der Waals surface area (Å²) in [6.45, 7) is 0. The van der Waals surface area contributed by atoms with Gasteiger partial charge in [-0.2, -0.15) is 0 Å². The molecule has 0 saturated carbocycles. The van der Waals surface area contributed by atoms with Crippen LogP contribution in [0.25, 0.3) is 11.0 Å². The SMILES string of the molecule is Cl.Cl.NC(Cc1ccc(O)cc1)c1nc2ccccc2[nH]1. The average molecular weight is 326 g/mol. The highest BCUT2D eigenvalue weighted by Gasteiger charge is 2.11. The van der Waals surface area contributed by atoms with Crippen LogP contribution in [-0.2, 0) is 6.42 Å². The normalized spacial score (nSPS) is 11.5. The predicted molar refractivity (Wildman–Crippen MR) is 89.3 cm³/mol. The quantitative estimate of drug-likeness (QED) is 0.691. The van der Waals surface area contributed by atoms with Crippen LogP contribution >= 0.6 is 24.8 Å². The molecule has 4 nitrogen and oxygen atoms in total. The van der Waals surface area contributed by atoms with Crippen LogP contribution in [-0.4, -0.2) is 15.1 Å². The third-order valence-electron chi connectivity index (χ3n) is 3.15. The lowest BCUT2D eigenvalue weighted by Crippen LogP contribution is -2.14. The molecule has 0 aliphatic carbocycles. The van der Waals surface area contributed by atoms with Crippen LogP contribution in [0, 0.1) is 0 Å². The minimum atomic E-state index is -0.183. The van der Waals surface area contributed by atoms with Crippen LogP contribution in [0.5, 0.6) is 5.75 Å². The van der Waals surface area contributed by atoms with Crippen molar-refractivity contribution in [2.24, 2.45) is 5.73 Å². The fraction of sp³-hybridized carbons (Fsp3) is 0.133. The van der Waals surface area contributed by atoms with E-state index < -0.39 is 0 Å². The first kappa shape index (κ1) is 17.3. The second-order valence-electron chi connectivity index (χ2n) is 4.62. The molecule has 0 bridgehead atoms. The second-order valence-corrected chi connectivity index (χ2v) is 4.62. The van der Waals surface area contributed by atoms with Gasteiger partial charge in [-0.3, -0.25) is 0 Å². The fourth-order valence-electron chi connectivity index (χ4n) is 2.13. The molecule has 0 amide bonds. The van der Waals surface area contributed by atoms with Gasteiger partial charge in [0, 0.05) is 0 Å². The number of hydrogen-bond donors (Lipinski definition) is 3. The number of para-hydroxylation sites is 2. The van der Waals surface area contributed by atoms with Crippen molar-refractivity contribution in [2.45, 2.75) is 12.5 Å². The van der Waals surface area contributed by atoms with E-state index in [1.807, 2.05) is 36.4 Å². The lowest BCUT2D eigenvalue weighted by Gasteiger charge is -2.08. The number of aromatic hydroxyl groups is 1. The molecule has 0 saturated heterocycles. The second kappa shape index (κ2) is 7.31. The molecule has 0 fully saturated rings. The Morgan fingerprint density at radius 3 is 2.38 bits per heavy atom. The van der Waals surface area contributed by atoms with Gasteiger partial charge in [0.25, 0.3) is 0 Å². The van der Waals surface area contributed by atoms with Crippen molar-refractivity contribution in [2.75, 3.05) is 0 Å². The van der Waals surface area contributed by atoms with Gasteiger partial charge >= 0.3 is 0 Å². The molecular formula is C15H17Cl2N3O. The Hall–Kier alpha value is -1.75. The summed E-state index contributed by atoms with van der Waals surface area (Å²) in [7, 11) is 0. The lowest BCUT2D eigenvalue weighted by molar-refractivity contribution is 0.475. The summed E-state index contributed by atoms with van der Waals surface area (Å²) in [6, 6.07) is 14.8. The number of nitrogens with one attached hydrogen (secondary N) is 1. The molecule has 6 heteroatoms. The molecule has 1 heterocycles. The molecule has 3 rings (SSSR count). The van der Waals surface area contributed by atoms with E-state index >= 15 is 0 Å². The molecule has 1 unspecified atom stereocenters. The zero-order chi connectivity index (χ0) is 13.2. The third-order valence-corrected chi connectivity index (χ3v) is 3.15. The molecule has 4 N–H and O–H groups in total. The van der Waals surface area contributed by atoms with Crippen LogP contribution in [0.3, 0.4) is 0 Å². The predicted octanol–water partition coefficient (Wildman–Crippen LogP) is 3.35. The maximum absolute atomic E-state index is 9.25. The third kappa shape index (κ3) is 3.88. The highest BCUT2D eigenvalue weighted by atomic mass is 35.5. The zero-order valence-corrected chi connectivity index (χ0v) is 12.8. The van der Waals surface area contributed by atoms with Crippen molar-refractivity contribution in [3.8, 4) is 5.75 Å². The highest BCUT2D eigenvalue weighted by Crippen LogP contribution is 2.19. The maximum Gasteiger partial charge on any atom is 0.124 e. The minimum Gasteiger partial charge on any atom is -0.508 e. The number of nitrogens with two attached hydrogens (primary N) is 1. The zero-order valence-electron chi connectivity index (χ0n) is 11.2. The number of H-pyrrole nitrogens is 1.